The van der Waals surface area contributed by atoms with Gasteiger partial charge in [0.05, 0.1) is 0 Å². The summed E-state index contributed by atoms with van der Waals surface area (Å²) in [4.78, 5) is 2.36. The number of hydrogen-bond donors (Lipinski definition) is 0. The minimum Gasteiger partial charge on any atom is -0.311 e. The average molecular weight is 454 g/mol. The van der Waals surface area contributed by atoms with Crippen LogP contribution in [-0.4, -0.2) is 0 Å². The second-order valence-electron chi connectivity index (χ2n) is 10.5. The highest BCUT2D eigenvalue weighted by molar-refractivity contribution is 5.77. The van der Waals surface area contributed by atoms with E-state index in [9.17, 15) is 0 Å². The summed E-state index contributed by atoms with van der Waals surface area (Å²) in [5.41, 5.74) is 7.91. The molecule has 1 heteroatoms. The van der Waals surface area contributed by atoms with E-state index in [2.05, 4.69) is 126 Å². The molecule has 0 aliphatic rings. The van der Waals surface area contributed by atoms with E-state index in [1.165, 1.54) is 48.2 Å². The molecule has 0 aromatic heterocycles. The first kappa shape index (κ1) is 25.8. The van der Waals surface area contributed by atoms with E-state index < -0.39 is 0 Å². The van der Waals surface area contributed by atoms with Crippen molar-refractivity contribution in [1.82, 2.24) is 0 Å². The smallest absolute Gasteiger partial charge is 0.0462 e. The summed E-state index contributed by atoms with van der Waals surface area (Å²) in [5.74, 6) is 0. The zero-order chi connectivity index (χ0) is 24.8. The third-order valence-corrected chi connectivity index (χ3v) is 7.57. The quantitative estimate of drug-likeness (QED) is 0.279. The number of anilines is 3. The lowest BCUT2D eigenvalue weighted by Gasteiger charge is -2.31. The summed E-state index contributed by atoms with van der Waals surface area (Å²) >= 11 is 0. The lowest BCUT2D eigenvalue weighted by Crippen LogP contribution is -2.20. The fraction of sp³-hybridized carbons (Fsp3) is 0.394. The van der Waals surface area contributed by atoms with Gasteiger partial charge in [-0.1, -0.05) is 103 Å². The fourth-order valence-electron chi connectivity index (χ4n) is 5.13. The molecule has 1 nitrogen and oxygen atoms in total. The van der Waals surface area contributed by atoms with Crippen LogP contribution in [0.3, 0.4) is 0 Å². The molecule has 0 spiro atoms. The summed E-state index contributed by atoms with van der Waals surface area (Å²) in [6.45, 7) is 17.8. The maximum absolute atomic E-state index is 3.91. The minimum absolute atomic E-state index is 0.190. The molecule has 0 saturated heterocycles. The van der Waals surface area contributed by atoms with Gasteiger partial charge in [-0.2, -0.15) is 0 Å². The molecule has 3 aromatic carbocycles. The lowest BCUT2D eigenvalue weighted by atomic mass is 9.76. The first-order valence-corrected chi connectivity index (χ1v) is 13.0. The molecule has 0 N–H and O–H groups in total. The predicted molar refractivity (Wildman–Crippen MR) is 152 cm³/mol. The van der Waals surface area contributed by atoms with Crippen LogP contribution in [-0.2, 0) is 10.8 Å². The molecule has 3 rings (SSSR count). The normalized spacial score (nSPS) is 13.4. The van der Waals surface area contributed by atoms with E-state index in [4.69, 9.17) is 0 Å². The van der Waals surface area contributed by atoms with Crippen LogP contribution < -0.4 is 4.90 Å². The standard InChI is InChI=1S/C33H43N/c1-8-24-32(5,6)27-14-20-30(21-15-27)34(29-18-12-26(10-3)13-19-29)31-22-16-28(17-23-31)33(7,11-4)25-9-2/h10,12-23H,3,8-9,11,24-25H2,1-2,4-7H3. The van der Waals surface area contributed by atoms with Crippen LogP contribution in [0, 0.1) is 0 Å². The minimum atomic E-state index is 0.190. The summed E-state index contributed by atoms with van der Waals surface area (Å²) in [5, 5.41) is 0. The molecule has 0 aliphatic heterocycles. The van der Waals surface area contributed by atoms with Gasteiger partial charge in [-0.05, 0) is 83.2 Å². The van der Waals surface area contributed by atoms with Crippen molar-refractivity contribution in [1.29, 1.82) is 0 Å². The molecule has 0 saturated carbocycles. The number of hydrogen-bond acceptors (Lipinski definition) is 1. The second kappa shape index (κ2) is 11.1. The Labute approximate surface area is 208 Å². The van der Waals surface area contributed by atoms with Crippen LogP contribution in [0.5, 0.6) is 0 Å². The van der Waals surface area contributed by atoms with Gasteiger partial charge in [-0.15, -0.1) is 0 Å². The SMILES string of the molecule is C=Cc1ccc(N(c2ccc(C(C)(C)CCC)cc2)c2ccc(C(C)(CC)CCC)cc2)cc1. The predicted octanol–water partition coefficient (Wildman–Crippen LogP) is 10.3. The van der Waals surface area contributed by atoms with Crippen LogP contribution in [0.1, 0.15) is 90.3 Å². The molecule has 0 heterocycles. The highest BCUT2D eigenvalue weighted by Crippen LogP contribution is 2.39. The molecule has 0 fully saturated rings. The highest BCUT2D eigenvalue weighted by Gasteiger charge is 2.24. The molecule has 0 bridgehead atoms. The van der Waals surface area contributed by atoms with E-state index in [1.807, 2.05) is 6.08 Å². The zero-order valence-electron chi connectivity index (χ0n) is 22.2. The third-order valence-electron chi connectivity index (χ3n) is 7.57. The summed E-state index contributed by atoms with van der Waals surface area (Å²) in [6.07, 6.45) is 7.85. The van der Waals surface area contributed by atoms with Gasteiger partial charge >= 0.3 is 0 Å². The lowest BCUT2D eigenvalue weighted by molar-refractivity contribution is 0.414. The van der Waals surface area contributed by atoms with Crippen LogP contribution in [0.4, 0.5) is 17.1 Å². The molecular weight excluding hydrogens is 410 g/mol. The van der Waals surface area contributed by atoms with Crippen LogP contribution in [0.15, 0.2) is 79.4 Å². The largest absolute Gasteiger partial charge is 0.311 e. The molecule has 1 atom stereocenters. The molecule has 0 radical (unpaired) electrons. The van der Waals surface area contributed by atoms with Crippen molar-refractivity contribution in [3.05, 3.63) is 96.1 Å². The fourth-order valence-corrected chi connectivity index (χ4v) is 5.13. The van der Waals surface area contributed by atoms with E-state index in [-0.39, 0.29) is 10.8 Å². The molecular formula is C33H43N. The number of nitrogens with zero attached hydrogens (tertiary/aromatic N) is 1. The van der Waals surface area contributed by atoms with E-state index in [0.29, 0.717) is 0 Å². The van der Waals surface area contributed by atoms with Gasteiger partial charge in [-0.3, -0.25) is 0 Å². The molecule has 1 unspecified atom stereocenters. The number of rotatable bonds is 11. The van der Waals surface area contributed by atoms with Crippen molar-refractivity contribution in [2.45, 2.75) is 84.5 Å². The van der Waals surface area contributed by atoms with Crippen molar-refractivity contribution in [3.8, 4) is 0 Å². The van der Waals surface area contributed by atoms with Gasteiger partial charge in [0.1, 0.15) is 0 Å². The Hall–Kier alpha value is -2.80. The molecule has 34 heavy (non-hydrogen) atoms. The first-order valence-electron chi connectivity index (χ1n) is 13.0. The second-order valence-corrected chi connectivity index (χ2v) is 10.5. The van der Waals surface area contributed by atoms with Crippen molar-refractivity contribution >= 4 is 23.1 Å². The topological polar surface area (TPSA) is 3.24 Å². The average Bonchev–Trinajstić information content (AvgIpc) is 2.85. The number of benzene rings is 3. The molecule has 0 aliphatic carbocycles. The summed E-state index contributed by atoms with van der Waals surface area (Å²) in [7, 11) is 0. The monoisotopic (exact) mass is 453 g/mol. The van der Waals surface area contributed by atoms with E-state index in [1.54, 1.807) is 0 Å². The Balaban J connectivity index is 2.04. The van der Waals surface area contributed by atoms with Crippen molar-refractivity contribution in [2.24, 2.45) is 0 Å². The van der Waals surface area contributed by atoms with Crippen LogP contribution >= 0.6 is 0 Å². The first-order chi connectivity index (χ1) is 16.3. The summed E-state index contributed by atoms with van der Waals surface area (Å²) < 4.78 is 0. The van der Waals surface area contributed by atoms with Crippen molar-refractivity contribution in [3.63, 3.8) is 0 Å². The van der Waals surface area contributed by atoms with Crippen molar-refractivity contribution in [2.75, 3.05) is 4.90 Å². The van der Waals surface area contributed by atoms with Gasteiger partial charge < -0.3 is 4.90 Å². The van der Waals surface area contributed by atoms with Crippen LogP contribution in [0.25, 0.3) is 6.08 Å². The maximum Gasteiger partial charge on any atom is 0.0462 e. The Bertz CT molecular complexity index is 1040. The van der Waals surface area contributed by atoms with Gasteiger partial charge in [0.15, 0.2) is 0 Å². The van der Waals surface area contributed by atoms with Gasteiger partial charge in [0.25, 0.3) is 0 Å². The zero-order valence-corrected chi connectivity index (χ0v) is 22.2. The maximum atomic E-state index is 3.91. The van der Waals surface area contributed by atoms with Crippen LogP contribution in [0.2, 0.25) is 0 Å². The Morgan fingerprint density at radius 3 is 1.50 bits per heavy atom. The Kier molecular flexibility index (Phi) is 8.42. The highest BCUT2D eigenvalue weighted by atomic mass is 15.1. The third kappa shape index (κ3) is 5.63. The van der Waals surface area contributed by atoms with Gasteiger partial charge in [0, 0.05) is 17.1 Å². The molecule has 3 aromatic rings. The van der Waals surface area contributed by atoms with Gasteiger partial charge in [0.2, 0.25) is 0 Å². The van der Waals surface area contributed by atoms with E-state index in [0.717, 1.165) is 17.7 Å². The van der Waals surface area contributed by atoms with Crippen molar-refractivity contribution < 1.29 is 0 Å². The molecule has 0 amide bonds. The summed E-state index contributed by atoms with van der Waals surface area (Å²) in [6, 6.07) is 27.0. The molecule has 180 valence electrons. The van der Waals surface area contributed by atoms with E-state index >= 15 is 0 Å². The van der Waals surface area contributed by atoms with Gasteiger partial charge in [-0.25, -0.2) is 0 Å². The Morgan fingerprint density at radius 1 is 0.647 bits per heavy atom. The Morgan fingerprint density at radius 2 is 1.09 bits per heavy atom.